The highest BCUT2D eigenvalue weighted by atomic mass is 31.2. The Hall–Kier alpha value is -2.30. The van der Waals surface area contributed by atoms with E-state index in [0.717, 1.165) is 64.2 Å². The van der Waals surface area contributed by atoms with Gasteiger partial charge in [-0.1, -0.05) is 159 Å². The smallest absolute Gasteiger partial charge is 0.472 e. The Bertz CT molecular complexity index is 1080. The van der Waals surface area contributed by atoms with E-state index in [0.29, 0.717) is 12.8 Å². The number of hydrogen-bond acceptors (Lipinski definition) is 8. The van der Waals surface area contributed by atoms with Crippen molar-refractivity contribution in [1.82, 2.24) is 5.32 Å². The molecule has 11 nitrogen and oxygen atoms in total. The Morgan fingerprint density at radius 2 is 1.00 bits per heavy atom. The number of phosphoric ester groups is 1. The molecular weight excluding hydrogens is 721 g/mol. The Morgan fingerprint density at radius 1 is 0.582 bits per heavy atom. The SMILES string of the molecule is CCCCC/C=C\C/C=C\C/C=C\CCCCCCCCCCC(=O)NC(COP(=O)(O)OCC(O)COC(=O)CCCCCCCCCCCC)C(=O)O. The topological polar surface area (TPSA) is 169 Å². The molecule has 0 bridgehead atoms. The summed E-state index contributed by atoms with van der Waals surface area (Å²) in [5, 5.41) is 21.8. The van der Waals surface area contributed by atoms with E-state index in [1.807, 2.05) is 0 Å². The van der Waals surface area contributed by atoms with E-state index < -0.39 is 57.6 Å². The lowest BCUT2D eigenvalue weighted by Crippen LogP contribution is -2.43. The number of ether oxygens (including phenoxy) is 1. The van der Waals surface area contributed by atoms with Gasteiger partial charge in [-0.15, -0.1) is 0 Å². The molecule has 0 heterocycles. The summed E-state index contributed by atoms with van der Waals surface area (Å²) in [6, 6.07) is -1.55. The zero-order valence-electron chi connectivity index (χ0n) is 34.5. The minimum Gasteiger partial charge on any atom is -0.480 e. The highest BCUT2D eigenvalue weighted by molar-refractivity contribution is 7.47. The van der Waals surface area contributed by atoms with Crippen LogP contribution >= 0.6 is 7.82 Å². The molecule has 4 N–H and O–H groups in total. The number of phosphoric acid groups is 1. The van der Waals surface area contributed by atoms with E-state index in [1.165, 1.54) is 83.5 Å². The fourth-order valence-corrected chi connectivity index (χ4v) is 6.56. The maximum atomic E-state index is 12.3. The van der Waals surface area contributed by atoms with Gasteiger partial charge in [-0.05, 0) is 51.4 Å². The molecule has 0 fully saturated rings. The molecule has 0 radical (unpaired) electrons. The van der Waals surface area contributed by atoms with Crippen LogP contribution in [0.15, 0.2) is 36.5 Å². The van der Waals surface area contributed by atoms with E-state index >= 15 is 0 Å². The third-order valence-corrected chi connectivity index (χ3v) is 10.1. The number of aliphatic hydroxyl groups excluding tert-OH is 1. The van der Waals surface area contributed by atoms with E-state index in [1.54, 1.807) is 0 Å². The number of carboxylic acid groups (broad SMARTS) is 1. The van der Waals surface area contributed by atoms with Crippen molar-refractivity contribution in [3.8, 4) is 0 Å². The van der Waals surface area contributed by atoms with Gasteiger partial charge in [-0.2, -0.15) is 0 Å². The standard InChI is InChI=1S/C43H78NO10P/c1-3-5-7-9-11-13-15-16-17-18-19-20-21-22-23-24-25-26-28-30-32-34-41(46)44-40(43(48)49)38-54-55(50,51)53-37-39(45)36-52-42(47)35-33-31-29-27-14-12-10-8-6-4-2/h11,13,16-17,19-20,39-40,45H,3-10,12,14-15,18,21-38H2,1-2H3,(H,44,46)(H,48,49)(H,50,51)/b13-11-,17-16-,20-19-. The van der Waals surface area contributed by atoms with Crippen LogP contribution < -0.4 is 5.32 Å². The monoisotopic (exact) mass is 800 g/mol. The van der Waals surface area contributed by atoms with Crippen LogP contribution in [0, 0.1) is 0 Å². The van der Waals surface area contributed by atoms with E-state index in [4.69, 9.17) is 13.8 Å². The van der Waals surface area contributed by atoms with Crippen LogP contribution in [0.25, 0.3) is 0 Å². The number of allylic oxidation sites excluding steroid dienone is 6. The van der Waals surface area contributed by atoms with Crippen LogP contribution in [0.2, 0.25) is 0 Å². The molecule has 0 aliphatic rings. The number of carboxylic acids is 1. The second-order valence-electron chi connectivity index (χ2n) is 14.5. The summed E-state index contributed by atoms with van der Waals surface area (Å²) >= 11 is 0. The Kier molecular flexibility index (Phi) is 37.0. The molecule has 0 aromatic heterocycles. The average molecular weight is 800 g/mol. The average Bonchev–Trinajstić information content (AvgIpc) is 3.16. The zero-order valence-corrected chi connectivity index (χ0v) is 35.4. The molecule has 0 aromatic rings. The molecule has 0 aromatic carbocycles. The first kappa shape index (κ1) is 52.7. The second kappa shape index (κ2) is 38.6. The van der Waals surface area contributed by atoms with Crippen molar-refractivity contribution in [3.63, 3.8) is 0 Å². The number of carbonyl (C=O) groups is 3. The number of aliphatic hydroxyl groups is 1. The van der Waals surface area contributed by atoms with Crippen molar-refractivity contribution < 1.29 is 47.8 Å². The van der Waals surface area contributed by atoms with Gasteiger partial charge in [0.15, 0.2) is 6.04 Å². The molecule has 12 heteroatoms. The third-order valence-electron chi connectivity index (χ3n) is 9.18. The van der Waals surface area contributed by atoms with Crippen molar-refractivity contribution in [2.75, 3.05) is 19.8 Å². The summed E-state index contributed by atoms with van der Waals surface area (Å²) in [5.41, 5.74) is 0. The Morgan fingerprint density at radius 3 is 1.53 bits per heavy atom. The maximum Gasteiger partial charge on any atom is 0.472 e. The number of unbranched alkanes of at least 4 members (excludes halogenated alkanes) is 20. The van der Waals surface area contributed by atoms with Gasteiger partial charge in [0.1, 0.15) is 12.7 Å². The molecule has 55 heavy (non-hydrogen) atoms. The number of carbonyl (C=O) groups excluding carboxylic acids is 2. The van der Waals surface area contributed by atoms with Crippen LogP contribution in [-0.4, -0.2) is 64.9 Å². The summed E-state index contributed by atoms with van der Waals surface area (Å²) in [7, 11) is -4.75. The summed E-state index contributed by atoms with van der Waals surface area (Å²) in [6.07, 6.45) is 40.3. The van der Waals surface area contributed by atoms with E-state index in [9.17, 15) is 34.1 Å². The van der Waals surface area contributed by atoms with Crippen molar-refractivity contribution >= 4 is 25.7 Å². The highest BCUT2D eigenvalue weighted by Crippen LogP contribution is 2.43. The predicted molar refractivity (Wildman–Crippen MR) is 222 cm³/mol. The highest BCUT2D eigenvalue weighted by Gasteiger charge is 2.28. The number of nitrogens with one attached hydrogen (secondary N) is 1. The minimum absolute atomic E-state index is 0.137. The van der Waals surface area contributed by atoms with Crippen LogP contribution in [-0.2, 0) is 32.7 Å². The van der Waals surface area contributed by atoms with Gasteiger partial charge >= 0.3 is 19.8 Å². The van der Waals surface area contributed by atoms with E-state index in [2.05, 4.69) is 55.6 Å². The van der Waals surface area contributed by atoms with Gasteiger partial charge in [-0.25, -0.2) is 9.36 Å². The van der Waals surface area contributed by atoms with E-state index in [-0.39, 0.29) is 12.8 Å². The number of hydrogen-bond donors (Lipinski definition) is 4. The quantitative estimate of drug-likeness (QED) is 0.0202. The van der Waals surface area contributed by atoms with Crippen molar-refractivity contribution in [1.29, 1.82) is 0 Å². The van der Waals surface area contributed by atoms with Gasteiger partial charge in [0.25, 0.3) is 0 Å². The summed E-state index contributed by atoms with van der Waals surface area (Å²) in [4.78, 5) is 45.8. The van der Waals surface area contributed by atoms with Crippen LogP contribution in [0.4, 0.5) is 0 Å². The fraction of sp³-hybridized carbons (Fsp3) is 0.791. The molecule has 0 aliphatic carbocycles. The fourth-order valence-electron chi connectivity index (χ4n) is 5.79. The van der Waals surface area contributed by atoms with Crippen molar-refractivity contribution in [2.24, 2.45) is 0 Å². The Labute approximate surface area is 333 Å². The molecular formula is C43H78NO10P. The Balaban J connectivity index is 3.92. The second-order valence-corrected chi connectivity index (χ2v) is 16.0. The summed E-state index contributed by atoms with van der Waals surface area (Å²) in [5.74, 6) is -2.38. The van der Waals surface area contributed by atoms with Crippen molar-refractivity contribution in [2.45, 2.75) is 199 Å². The molecule has 0 saturated heterocycles. The summed E-state index contributed by atoms with van der Waals surface area (Å²) in [6.45, 7) is 2.54. The summed E-state index contributed by atoms with van der Waals surface area (Å²) < 4.78 is 26.8. The van der Waals surface area contributed by atoms with Gasteiger partial charge in [0.05, 0.1) is 13.2 Å². The van der Waals surface area contributed by atoms with Gasteiger partial charge in [-0.3, -0.25) is 18.6 Å². The maximum absolute atomic E-state index is 12.3. The van der Waals surface area contributed by atoms with Crippen molar-refractivity contribution in [3.05, 3.63) is 36.5 Å². The first-order valence-electron chi connectivity index (χ1n) is 21.5. The number of aliphatic carboxylic acids is 1. The molecule has 0 aliphatic heterocycles. The minimum atomic E-state index is -4.75. The predicted octanol–water partition coefficient (Wildman–Crippen LogP) is 10.8. The molecule has 320 valence electrons. The lowest BCUT2D eigenvalue weighted by Gasteiger charge is -2.18. The normalized spacial score (nSPS) is 14.1. The first-order chi connectivity index (χ1) is 26.6. The van der Waals surface area contributed by atoms with Gasteiger partial charge < -0.3 is 25.2 Å². The molecule has 3 atom stereocenters. The number of esters is 1. The third kappa shape index (κ3) is 38.4. The molecule has 3 unspecified atom stereocenters. The first-order valence-corrected chi connectivity index (χ1v) is 23.0. The zero-order chi connectivity index (χ0) is 40.7. The lowest BCUT2D eigenvalue weighted by atomic mass is 10.1. The molecule has 0 spiro atoms. The van der Waals surface area contributed by atoms with Crippen LogP contribution in [0.3, 0.4) is 0 Å². The van der Waals surface area contributed by atoms with Crippen LogP contribution in [0.1, 0.15) is 187 Å². The molecule has 0 saturated carbocycles. The number of amides is 1. The lowest BCUT2D eigenvalue weighted by molar-refractivity contribution is -0.147. The molecule has 0 rings (SSSR count). The molecule has 1 amide bonds. The largest absolute Gasteiger partial charge is 0.480 e. The van der Waals surface area contributed by atoms with Gasteiger partial charge in [0.2, 0.25) is 5.91 Å². The van der Waals surface area contributed by atoms with Crippen LogP contribution in [0.5, 0.6) is 0 Å². The van der Waals surface area contributed by atoms with Gasteiger partial charge in [0, 0.05) is 12.8 Å². The number of rotatable bonds is 40.